The van der Waals surface area contributed by atoms with Gasteiger partial charge in [0.15, 0.2) is 0 Å². The first-order valence-corrected chi connectivity index (χ1v) is 13.4. The molecule has 2 aromatic carbocycles. The molecular weight excluding hydrogens is 456 g/mol. The molecule has 0 aliphatic carbocycles. The van der Waals surface area contributed by atoms with Crippen molar-refractivity contribution < 1.29 is 28.9 Å². The number of ether oxygens (including phenoxy) is 3. The van der Waals surface area contributed by atoms with Crippen molar-refractivity contribution >= 4 is 11.9 Å². The van der Waals surface area contributed by atoms with E-state index in [-0.39, 0.29) is 30.5 Å². The molecule has 0 saturated carbocycles. The van der Waals surface area contributed by atoms with Crippen LogP contribution in [0.5, 0.6) is 11.5 Å². The summed E-state index contributed by atoms with van der Waals surface area (Å²) in [5, 5.41) is 10.7. The smallest absolute Gasteiger partial charge is 0.306 e. The van der Waals surface area contributed by atoms with Crippen LogP contribution in [0.1, 0.15) is 83.3 Å². The number of phenols is 1. The fourth-order valence-electron chi connectivity index (χ4n) is 4.05. The van der Waals surface area contributed by atoms with Crippen molar-refractivity contribution in [3.05, 3.63) is 47.5 Å². The molecule has 0 bridgehead atoms. The molecule has 0 aliphatic rings. The molecule has 0 amide bonds. The zero-order chi connectivity index (χ0) is 26.2. The van der Waals surface area contributed by atoms with Gasteiger partial charge in [-0.1, -0.05) is 51.2 Å². The molecule has 2 rings (SSSR count). The Balaban J connectivity index is 2.21. The predicted octanol–water partition coefficient (Wildman–Crippen LogP) is 6.79. The number of aromatic hydroxyl groups is 1. The molecule has 0 unspecified atom stereocenters. The Morgan fingerprint density at radius 3 is 1.89 bits per heavy atom. The summed E-state index contributed by atoms with van der Waals surface area (Å²) in [6.45, 7) is 7.12. The largest absolute Gasteiger partial charge is 0.507 e. The molecule has 0 aliphatic heterocycles. The fourth-order valence-corrected chi connectivity index (χ4v) is 4.05. The van der Waals surface area contributed by atoms with E-state index in [1.165, 1.54) is 25.7 Å². The zero-order valence-electron chi connectivity index (χ0n) is 22.1. The summed E-state index contributed by atoms with van der Waals surface area (Å²) in [5.74, 6) is 0.366. The van der Waals surface area contributed by atoms with Gasteiger partial charge in [-0.15, -0.1) is 0 Å². The van der Waals surface area contributed by atoms with E-state index < -0.39 is 0 Å². The van der Waals surface area contributed by atoms with Crippen molar-refractivity contribution in [3.8, 4) is 22.6 Å². The third-order valence-corrected chi connectivity index (χ3v) is 6.00. The summed E-state index contributed by atoms with van der Waals surface area (Å²) in [6.07, 6.45) is 8.67. The van der Waals surface area contributed by atoms with Gasteiger partial charge in [-0.05, 0) is 68.5 Å². The number of esters is 2. The lowest BCUT2D eigenvalue weighted by atomic mass is 9.96. The maximum absolute atomic E-state index is 11.9. The molecule has 0 radical (unpaired) electrons. The molecule has 0 spiro atoms. The highest BCUT2D eigenvalue weighted by molar-refractivity contribution is 5.77. The zero-order valence-corrected chi connectivity index (χ0v) is 22.1. The summed E-state index contributed by atoms with van der Waals surface area (Å²) in [7, 11) is 0. The maximum atomic E-state index is 11.9. The van der Waals surface area contributed by atoms with Crippen molar-refractivity contribution in [1.29, 1.82) is 0 Å². The topological polar surface area (TPSA) is 82.1 Å². The quantitative estimate of drug-likeness (QED) is 0.191. The number of carbonyl (C=O) groups is 2. The van der Waals surface area contributed by atoms with Crippen LogP contribution in [0.2, 0.25) is 0 Å². The lowest BCUT2D eigenvalue weighted by Crippen LogP contribution is -2.06. The number of benzene rings is 2. The number of phenolic OH excluding ortho intramolecular Hbond substituents is 1. The maximum Gasteiger partial charge on any atom is 0.306 e. The average Bonchev–Trinajstić information content (AvgIpc) is 2.87. The second-order valence-corrected chi connectivity index (χ2v) is 8.91. The average molecular weight is 499 g/mol. The molecule has 198 valence electrons. The molecular formula is C30H42O6. The number of hydrogen-bond donors (Lipinski definition) is 1. The van der Waals surface area contributed by atoms with Crippen LogP contribution in [0.3, 0.4) is 0 Å². The first-order chi connectivity index (χ1) is 17.5. The van der Waals surface area contributed by atoms with Crippen LogP contribution in [-0.2, 0) is 31.9 Å². The molecule has 0 aromatic heterocycles. The van der Waals surface area contributed by atoms with Gasteiger partial charge in [0, 0.05) is 24.0 Å². The summed E-state index contributed by atoms with van der Waals surface area (Å²) in [5.41, 5.74) is 3.31. The predicted molar refractivity (Wildman–Crippen MR) is 142 cm³/mol. The van der Waals surface area contributed by atoms with Crippen LogP contribution >= 0.6 is 0 Å². The van der Waals surface area contributed by atoms with E-state index >= 15 is 0 Å². The van der Waals surface area contributed by atoms with E-state index in [9.17, 15) is 14.7 Å². The van der Waals surface area contributed by atoms with Gasteiger partial charge in [0.1, 0.15) is 11.5 Å². The van der Waals surface area contributed by atoms with Crippen molar-refractivity contribution in [2.45, 2.75) is 85.0 Å². The second kappa shape index (κ2) is 16.6. The monoisotopic (exact) mass is 498 g/mol. The minimum atomic E-state index is -0.240. The number of hydrogen-bond acceptors (Lipinski definition) is 6. The standard InChI is InChI=1S/C30H42O6/c1-4-7-8-9-10-11-20-36-28-17-13-24(15-19-30(33)35-6-3)22-26(28)25-21-23(12-16-27(25)31)14-18-29(32)34-5-2/h12-13,16-17,21-22,31H,4-11,14-15,18-20H2,1-3H3. The number of rotatable bonds is 17. The molecule has 0 heterocycles. The lowest BCUT2D eigenvalue weighted by molar-refractivity contribution is -0.144. The molecule has 36 heavy (non-hydrogen) atoms. The van der Waals surface area contributed by atoms with Gasteiger partial charge in [0.2, 0.25) is 0 Å². The van der Waals surface area contributed by atoms with Crippen LogP contribution in [0.15, 0.2) is 36.4 Å². The molecule has 6 nitrogen and oxygen atoms in total. The molecule has 2 aromatic rings. The van der Waals surface area contributed by atoms with E-state index in [1.807, 2.05) is 30.3 Å². The normalized spacial score (nSPS) is 10.8. The van der Waals surface area contributed by atoms with E-state index in [0.717, 1.165) is 29.5 Å². The van der Waals surface area contributed by atoms with Gasteiger partial charge < -0.3 is 19.3 Å². The Labute approximate surface area is 216 Å². The van der Waals surface area contributed by atoms with E-state index in [2.05, 4.69) is 6.92 Å². The number of unbranched alkanes of at least 4 members (excludes halogenated alkanes) is 5. The van der Waals surface area contributed by atoms with Gasteiger partial charge in [-0.25, -0.2) is 0 Å². The first kappa shape index (κ1) is 29.2. The highest BCUT2D eigenvalue weighted by Gasteiger charge is 2.15. The molecule has 6 heteroatoms. The number of carbonyl (C=O) groups excluding carboxylic acids is 2. The van der Waals surface area contributed by atoms with Crippen LogP contribution in [0.4, 0.5) is 0 Å². The van der Waals surface area contributed by atoms with Crippen LogP contribution in [-0.4, -0.2) is 36.9 Å². The lowest BCUT2D eigenvalue weighted by Gasteiger charge is -2.16. The number of aryl methyl sites for hydroxylation is 2. The Kier molecular flexibility index (Phi) is 13.5. The van der Waals surface area contributed by atoms with E-state index in [1.54, 1.807) is 19.9 Å². The van der Waals surface area contributed by atoms with E-state index in [4.69, 9.17) is 14.2 Å². The summed E-state index contributed by atoms with van der Waals surface area (Å²) in [4.78, 5) is 23.7. The molecule has 0 atom stereocenters. The first-order valence-electron chi connectivity index (χ1n) is 13.4. The summed E-state index contributed by atoms with van der Waals surface area (Å²) in [6, 6.07) is 11.2. The van der Waals surface area contributed by atoms with Crippen molar-refractivity contribution in [3.63, 3.8) is 0 Å². The highest BCUT2D eigenvalue weighted by atomic mass is 16.5. The molecule has 1 N–H and O–H groups in total. The van der Waals surface area contributed by atoms with E-state index in [0.29, 0.717) is 44.0 Å². The third-order valence-electron chi connectivity index (χ3n) is 6.00. The van der Waals surface area contributed by atoms with Crippen LogP contribution in [0.25, 0.3) is 11.1 Å². The minimum Gasteiger partial charge on any atom is -0.507 e. The van der Waals surface area contributed by atoms with Gasteiger partial charge in [0.25, 0.3) is 0 Å². The van der Waals surface area contributed by atoms with Crippen LogP contribution in [0, 0.1) is 0 Å². The SMILES string of the molecule is CCCCCCCCOc1ccc(CCC(=O)OCC)cc1-c1cc(CCC(=O)OCC)ccc1O. The fraction of sp³-hybridized carbons (Fsp3) is 0.533. The highest BCUT2D eigenvalue weighted by Crippen LogP contribution is 2.38. The third kappa shape index (κ3) is 10.3. The molecule has 0 saturated heterocycles. The molecule has 0 fully saturated rings. The Hall–Kier alpha value is -3.02. The van der Waals surface area contributed by atoms with Crippen molar-refractivity contribution in [1.82, 2.24) is 0 Å². The Morgan fingerprint density at radius 1 is 0.722 bits per heavy atom. The van der Waals surface area contributed by atoms with Gasteiger partial charge in [-0.2, -0.15) is 0 Å². The Morgan fingerprint density at radius 2 is 1.28 bits per heavy atom. The minimum absolute atomic E-state index is 0.141. The summed E-state index contributed by atoms with van der Waals surface area (Å²) < 4.78 is 16.3. The van der Waals surface area contributed by atoms with Gasteiger partial charge in [0.05, 0.1) is 19.8 Å². The Bertz CT molecular complexity index is 952. The van der Waals surface area contributed by atoms with Crippen LogP contribution < -0.4 is 4.74 Å². The van der Waals surface area contributed by atoms with Crippen molar-refractivity contribution in [2.75, 3.05) is 19.8 Å². The van der Waals surface area contributed by atoms with Gasteiger partial charge >= 0.3 is 11.9 Å². The van der Waals surface area contributed by atoms with Crippen molar-refractivity contribution in [2.24, 2.45) is 0 Å². The second-order valence-electron chi connectivity index (χ2n) is 8.91. The van der Waals surface area contributed by atoms with Gasteiger partial charge in [-0.3, -0.25) is 9.59 Å². The summed E-state index contributed by atoms with van der Waals surface area (Å²) >= 11 is 0.